The van der Waals surface area contributed by atoms with E-state index in [-0.39, 0.29) is 5.92 Å². The van der Waals surface area contributed by atoms with E-state index < -0.39 is 0 Å². The Balaban J connectivity index is 1.90. The molecule has 4 heteroatoms. The highest BCUT2D eigenvalue weighted by molar-refractivity contribution is 5.60. The van der Waals surface area contributed by atoms with Gasteiger partial charge in [-0.1, -0.05) is 18.2 Å². The van der Waals surface area contributed by atoms with Gasteiger partial charge in [-0.05, 0) is 60.9 Å². The van der Waals surface area contributed by atoms with Crippen molar-refractivity contribution in [3.63, 3.8) is 0 Å². The Kier molecular flexibility index (Phi) is 4.67. The SMILES string of the molecule is COc1ccc(-c2cc(C(CN)c3ccc(C)c(C)c3)[nH]n2)cc1. The zero-order valence-corrected chi connectivity index (χ0v) is 14.3. The number of nitrogens with zero attached hydrogens (tertiary/aromatic N) is 1. The summed E-state index contributed by atoms with van der Waals surface area (Å²) in [7, 11) is 1.66. The molecule has 0 aliphatic rings. The summed E-state index contributed by atoms with van der Waals surface area (Å²) in [4.78, 5) is 0. The van der Waals surface area contributed by atoms with Gasteiger partial charge in [0.05, 0.1) is 12.8 Å². The number of rotatable bonds is 5. The molecule has 1 atom stereocenters. The van der Waals surface area contributed by atoms with Crippen molar-refractivity contribution in [3.8, 4) is 17.0 Å². The van der Waals surface area contributed by atoms with Gasteiger partial charge in [-0.2, -0.15) is 5.10 Å². The number of nitrogens with one attached hydrogen (secondary N) is 1. The monoisotopic (exact) mass is 321 g/mol. The van der Waals surface area contributed by atoms with Crippen LogP contribution in [0.5, 0.6) is 5.75 Å². The van der Waals surface area contributed by atoms with E-state index in [1.54, 1.807) is 7.11 Å². The Morgan fingerprint density at radius 3 is 2.42 bits per heavy atom. The Labute approximate surface area is 142 Å². The standard InChI is InChI=1S/C20H23N3O/c1-13-4-5-16(10-14(13)2)18(12-21)20-11-19(22-23-20)15-6-8-17(24-3)9-7-15/h4-11,18H,12,21H2,1-3H3,(H,22,23). The Bertz CT molecular complexity index is 821. The maximum atomic E-state index is 6.05. The van der Waals surface area contributed by atoms with Crippen molar-refractivity contribution in [2.24, 2.45) is 5.73 Å². The summed E-state index contributed by atoms with van der Waals surface area (Å²) in [5.41, 5.74) is 12.8. The summed E-state index contributed by atoms with van der Waals surface area (Å²) in [6.07, 6.45) is 0. The highest BCUT2D eigenvalue weighted by atomic mass is 16.5. The van der Waals surface area contributed by atoms with Crippen LogP contribution in [0, 0.1) is 13.8 Å². The van der Waals surface area contributed by atoms with Crippen molar-refractivity contribution in [2.45, 2.75) is 19.8 Å². The minimum absolute atomic E-state index is 0.115. The fourth-order valence-electron chi connectivity index (χ4n) is 2.85. The molecule has 0 aliphatic heterocycles. The first kappa shape index (κ1) is 16.3. The molecular weight excluding hydrogens is 298 g/mol. The average molecular weight is 321 g/mol. The average Bonchev–Trinajstić information content (AvgIpc) is 3.08. The topological polar surface area (TPSA) is 63.9 Å². The Morgan fingerprint density at radius 1 is 1.04 bits per heavy atom. The fraction of sp³-hybridized carbons (Fsp3) is 0.250. The number of hydrogen-bond donors (Lipinski definition) is 2. The molecule has 0 saturated heterocycles. The summed E-state index contributed by atoms with van der Waals surface area (Å²) in [6.45, 7) is 4.78. The van der Waals surface area contributed by atoms with E-state index in [1.807, 2.05) is 24.3 Å². The maximum absolute atomic E-state index is 6.05. The number of hydrogen-bond acceptors (Lipinski definition) is 3. The molecule has 24 heavy (non-hydrogen) atoms. The van der Waals surface area contributed by atoms with E-state index in [0.717, 1.165) is 22.7 Å². The third kappa shape index (κ3) is 3.19. The van der Waals surface area contributed by atoms with E-state index in [9.17, 15) is 0 Å². The molecule has 0 aliphatic carbocycles. The first-order chi connectivity index (χ1) is 11.6. The molecule has 4 nitrogen and oxygen atoms in total. The van der Waals surface area contributed by atoms with E-state index in [1.165, 1.54) is 16.7 Å². The van der Waals surface area contributed by atoms with E-state index in [2.05, 4.69) is 48.3 Å². The summed E-state index contributed by atoms with van der Waals surface area (Å²) < 4.78 is 5.20. The number of benzene rings is 2. The number of aromatic nitrogens is 2. The van der Waals surface area contributed by atoms with Gasteiger partial charge in [0.25, 0.3) is 0 Å². The van der Waals surface area contributed by atoms with Gasteiger partial charge >= 0.3 is 0 Å². The van der Waals surface area contributed by atoms with Crippen LogP contribution in [0.4, 0.5) is 0 Å². The van der Waals surface area contributed by atoms with Crippen LogP contribution in [0.3, 0.4) is 0 Å². The van der Waals surface area contributed by atoms with E-state index >= 15 is 0 Å². The molecule has 0 saturated carbocycles. The van der Waals surface area contributed by atoms with Crippen molar-refractivity contribution in [3.05, 3.63) is 70.9 Å². The zero-order valence-electron chi connectivity index (χ0n) is 14.3. The number of methoxy groups -OCH3 is 1. The summed E-state index contributed by atoms with van der Waals surface area (Å²) in [5.74, 6) is 0.952. The van der Waals surface area contributed by atoms with Crippen molar-refractivity contribution < 1.29 is 4.74 Å². The molecule has 0 spiro atoms. The lowest BCUT2D eigenvalue weighted by Crippen LogP contribution is -2.14. The second kappa shape index (κ2) is 6.89. The Morgan fingerprint density at radius 2 is 1.79 bits per heavy atom. The molecule has 3 aromatic rings. The first-order valence-electron chi connectivity index (χ1n) is 8.09. The van der Waals surface area contributed by atoms with E-state index in [4.69, 9.17) is 10.5 Å². The molecule has 1 unspecified atom stereocenters. The third-order valence-electron chi connectivity index (χ3n) is 4.53. The minimum atomic E-state index is 0.115. The number of ether oxygens (including phenoxy) is 1. The molecule has 2 aromatic carbocycles. The van der Waals surface area contributed by atoms with Crippen LogP contribution in [0.25, 0.3) is 11.3 Å². The maximum Gasteiger partial charge on any atom is 0.118 e. The highest BCUT2D eigenvalue weighted by Gasteiger charge is 2.16. The second-order valence-electron chi connectivity index (χ2n) is 6.07. The lowest BCUT2D eigenvalue weighted by molar-refractivity contribution is 0.415. The van der Waals surface area contributed by atoms with Gasteiger partial charge in [-0.25, -0.2) is 0 Å². The van der Waals surface area contributed by atoms with Crippen LogP contribution in [-0.4, -0.2) is 23.9 Å². The van der Waals surface area contributed by atoms with Gasteiger partial charge < -0.3 is 10.5 Å². The normalized spacial score (nSPS) is 12.2. The quantitative estimate of drug-likeness (QED) is 0.751. The predicted molar refractivity (Wildman–Crippen MR) is 97.4 cm³/mol. The van der Waals surface area contributed by atoms with Crippen LogP contribution in [0.2, 0.25) is 0 Å². The number of aryl methyl sites for hydroxylation is 2. The molecule has 0 bridgehead atoms. The molecule has 0 fully saturated rings. The number of aromatic amines is 1. The molecule has 1 heterocycles. The highest BCUT2D eigenvalue weighted by Crippen LogP contribution is 2.28. The lowest BCUT2D eigenvalue weighted by atomic mass is 9.92. The third-order valence-corrected chi connectivity index (χ3v) is 4.53. The van der Waals surface area contributed by atoms with Crippen molar-refractivity contribution >= 4 is 0 Å². The molecule has 3 rings (SSSR count). The summed E-state index contributed by atoms with van der Waals surface area (Å²) in [6, 6.07) is 16.5. The lowest BCUT2D eigenvalue weighted by Gasteiger charge is -2.14. The summed E-state index contributed by atoms with van der Waals surface area (Å²) in [5, 5.41) is 7.61. The van der Waals surface area contributed by atoms with Gasteiger partial charge in [0.1, 0.15) is 5.75 Å². The van der Waals surface area contributed by atoms with Crippen molar-refractivity contribution in [1.82, 2.24) is 10.2 Å². The van der Waals surface area contributed by atoms with Gasteiger partial charge in [-0.3, -0.25) is 5.10 Å². The molecule has 0 amide bonds. The van der Waals surface area contributed by atoms with E-state index in [0.29, 0.717) is 6.54 Å². The van der Waals surface area contributed by atoms with Gasteiger partial charge in [-0.15, -0.1) is 0 Å². The number of nitrogens with two attached hydrogens (primary N) is 1. The molecular formula is C20H23N3O. The predicted octanol–water partition coefficient (Wildman–Crippen LogP) is 3.79. The smallest absolute Gasteiger partial charge is 0.118 e. The Hall–Kier alpha value is -2.59. The number of H-pyrrole nitrogens is 1. The van der Waals surface area contributed by atoms with Crippen LogP contribution in [0.15, 0.2) is 48.5 Å². The van der Waals surface area contributed by atoms with Crippen molar-refractivity contribution in [1.29, 1.82) is 0 Å². The van der Waals surface area contributed by atoms with Crippen LogP contribution < -0.4 is 10.5 Å². The fourth-order valence-corrected chi connectivity index (χ4v) is 2.85. The van der Waals surface area contributed by atoms with Gasteiger partial charge in [0, 0.05) is 23.7 Å². The van der Waals surface area contributed by atoms with Crippen LogP contribution in [0.1, 0.15) is 28.3 Å². The zero-order chi connectivity index (χ0) is 17.1. The summed E-state index contributed by atoms with van der Waals surface area (Å²) >= 11 is 0. The largest absolute Gasteiger partial charge is 0.497 e. The molecule has 0 radical (unpaired) electrons. The van der Waals surface area contributed by atoms with Gasteiger partial charge in [0.15, 0.2) is 0 Å². The molecule has 124 valence electrons. The van der Waals surface area contributed by atoms with Crippen LogP contribution >= 0.6 is 0 Å². The molecule has 3 N–H and O–H groups in total. The van der Waals surface area contributed by atoms with Crippen molar-refractivity contribution in [2.75, 3.05) is 13.7 Å². The first-order valence-corrected chi connectivity index (χ1v) is 8.09. The second-order valence-corrected chi connectivity index (χ2v) is 6.07. The van der Waals surface area contributed by atoms with Crippen LogP contribution in [-0.2, 0) is 0 Å². The molecule has 1 aromatic heterocycles. The van der Waals surface area contributed by atoms with Gasteiger partial charge in [0.2, 0.25) is 0 Å². The minimum Gasteiger partial charge on any atom is -0.497 e.